The highest BCUT2D eigenvalue weighted by molar-refractivity contribution is 8.00. The van der Waals surface area contributed by atoms with Gasteiger partial charge in [-0.3, -0.25) is 9.59 Å². The third kappa shape index (κ3) is 4.70. The third-order valence-corrected chi connectivity index (χ3v) is 5.73. The normalized spacial score (nSPS) is 13.1. The number of carbonyl (C=O) groups excluding carboxylic acids is 2. The maximum Gasteiger partial charge on any atom is 0.227 e. The fourth-order valence-corrected chi connectivity index (χ4v) is 3.81. The predicted molar refractivity (Wildman–Crippen MR) is 115 cm³/mol. The molecule has 0 bridgehead atoms. The highest BCUT2D eigenvalue weighted by Crippen LogP contribution is 2.31. The van der Waals surface area contributed by atoms with E-state index >= 15 is 0 Å². The molecular formula is C24H21NO2S. The average Bonchev–Trinajstić information content (AvgIpc) is 3.59. The number of Topliss-reactive ketones (excluding diaryl/α,β-unsaturated/α-hetero) is 1. The highest BCUT2D eigenvalue weighted by Gasteiger charge is 2.29. The predicted octanol–water partition coefficient (Wildman–Crippen LogP) is 5.68. The average molecular weight is 388 g/mol. The molecule has 0 radical (unpaired) electrons. The molecule has 1 saturated carbocycles. The number of rotatable bonds is 7. The van der Waals surface area contributed by atoms with Crippen molar-refractivity contribution in [3.8, 4) is 11.1 Å². The van der Waals surface area contributed by atoms with E-state index in [0.717, 1.165) is 34.6 Å². The van der Waals surface area contributed by atoms with Crippen molar-refractivity contribution in [1.29, 1.82) is 0 Å². The van der Waals surface area contributed by atoms with Crippen LogP contribution in [0.2, 0.25) is 0 Å². The van der Waals surface area contributed by atoms with Crippen molar-refractivity contribution in [2.75, 3.05) is 11.1 Å². The van der Waals surface area contributed by atoms with Gasteiger partial charge in [0.05, 0.1) is 5.75 Å². The summed E-state index contributed by atoms with van der Waals surface area (Å²) in [7, 11) is 0. The monoisotopic (exact) mass is 387 g/mol. The molecule has 1 amide bonds. The second-order valence-electron chi connectivity index (χ2n) is 6.95. The second-order valence-corrected chi connectivity index (χ2v) is 8.00. The first-order valence-electron chi connectivity index (χ1n) is 9.41. The summed E-state index contributed by atoms with van der Waals surface area (Å²) in [5.41, 5.74) is 3.75. The van der Waals surface area contributed by atoms with E-state index < -0.39 is 0 Å². The molecule has 0 aliphatic heterocycles. The second kappa shape index (κ2) is 8.44. The molecule has 1 fully saturated rings. The van der Waals surface area contributed by atoms with Crippen molar-refractivity contribution < 1.29 is 9.59 Å². The van der Waals surface area contributed by atoms with Gasteiger partial charge in [0.15, 0.2) is 5.78 Å². The Morgan fingerprint density at radius 1 is 0.857 bits per heavy atom. The first-order chi connectivity index (χ1) is 13.7. The lowest BCUT2D eigenvalue weighted by atomic mass is 10.0. The zero-order valence-electron chi connectivity index (χ0n) is 15.4. The fourth-order valence-electron chi connectivity index (χ4n) is 2.96. The molecule has 4 rings (SSSR count). The lowest BCUT2D eigenvalue weighted by Crippen LogP contribution is -2.13. The smallest absolute Gasteiger partial charge is 0.227 e. The highest BCUT2D eigenvalue weighted by atomic mass is 32.2. The summed E-state index contributed by atoms with van der Waals surface area (Å²) in [6.07, 6.45) is 1.97. The number of thioether (sulfide) groups is 1. The molecule has 0 saturated heterocycles. The van der Waals surface area contributed by atoms with E-state index in [1.54, 1.807) is 0 Å². The van der Waals surface area contributed by atoms with Gasteiger partial charge >= 0.3 is 0 Å². The Morgan fingerprint density at radius 2 is 1.57 bits per heavy atom. The van der Waals surface area contributed by atoms with Gasteiger partial charge < -0.3 is 5.32 Å². The standard InChI is InChI=1S/C24H21NO2S/c26-23(19-11-9-18(10-12-19)17-5-2-1-3-6-17)16-28-22-8-4-7-21(15-22)25-24(27)20-13-14-20/h1-12,15,20H,13-14,16H2,(H,25,27). The van der Waals surface area contributed by atoms with Gasteiger partial charge in [0.25, 0.3) is 0 Å². The number of hydrogen-bond donors (Lipinski definition) is 1. The summed E-state index contributed by atoms with van der Waals surface area (Å²) in [4.78, 5) is 25.4. The molecule has 3 nitrogen and oxygen atoms in total. The largest absolute Gasteiger partial charge is 0.326 e. The molecule has 0 spiro atoms. The van der Waals surface area contributed by atoms with Gasteiger partial charge in [-0.15, -0.1) is 11.8 Å². The van der Waals surface area contributed by atoms with Crippen LogP contribution >= 0.6 is 11.8 Å². The van der Waals surface area contributed by atoms with Crippen molar-refractivity contribution in [2.45, 2.75) is 17.7 Å². The molecule has 1 aliphatic rings. The van der Waals surface area contributed by atoms with Crippen LogP contribution in [0.4, 0.5) is 5.69 Å². The van der Waals surface area contributed by atoms with Crippen LogP contribution in [-0.4, -0.2) is 17.4 Å². The van der Waals surface area contributed by atoms with E-state index in [1.165, 1.54) is 11.8 Å². The minimum atomic E-state index is 0.0942. The summed E-state index contributed by atoms with van der Waals surface area (Å²) >= 11 is 1.49. The Bertz CT molecular complexity index is 979. The van der Waals surface area contributed by atoms with Gasteiger partial charge in [-0.2, -0.15) is 0 Å². The minimum Gasteiger partial charge on any atom is -0.326 e. The van der Waals surface area contributed by atoms with Gasteiger partial charge in [-0.1, -0.05) is 60.7 Å². The molecule has 140 valence electrons. The summed E-state index contributed by atoms with van der Waals surface area (Å²) in [5.74, 6) is 0.732. The lowest BCUT2D eigenvalue weighted by Gasteiger charge is -2.07. The number of anilines is 1. The van der Waals surface area contributed by atoms with E-state index in [9.17, 15) is 9.59 Å². The van der Waals surface area contributed by atoms with Crippen LogP contribution < -0.4 is 5.32 Å². The number of ketones is 1. The van der Waals surface area contributed by atoms with Gasteiger partial charge in [0.1, 0.15) is 0 Å². The summed E-state index contributed by atoms with van der Waals surface area (Å²) < 4.78 is 0. The van der Waals surface area contributed by atoms with Crippen molar-refractivity contribution in [1.82, 2.24) is 0 Å². The van der Waals surface area contributed by atoms with Crippen LogP contribution in [0, 0.1) is 5.92 Å². The quantitative estimate of drug-likeness (QED) is 0.419. The third-order valence-electron chi connectivity index (χ3n) is 4.73. The van der Waals surface area contributed by atoms with Crippen LogP contribution in [-0.2, 0) is 4.79 Å². The lowest BCUT2D eigenvalue weighted by molar-refractivity contribution is -0.117. The Hall–Kier alpha value is -2.85. The summed E-state index contributed by atoms with van der Waals surface area (Å²) in [5, 5.41) is 2.95. The Balaban J connectivity index is 1.35. The Kier molecular flexibility index (Phi) is 5.58. The number of hydrogen-bond acceptors (Lipinski definition) is 3. The number of benzene rings is 3. The zero-order chi connectivity index (χ0) is 19.3. The van der Waals surface area contributed by atoms with E-state index in [2.05, 4.69) is 17.4 Å². The minimum absolute atomic E-state index is 0.0942. The Morgan fingerprint density at radius 3 is 2.29 bits per heavy atom. The van der Waals surface area contributed by atoms with Crippen molar-refractivity contribution in [2.24, 2.45) is 5.92 Å². The van der Waals surface area contributed by atoms with Gasteiger partial charge in [0.2, 0.25) is 5.91 Å². The molecule has 0 unspecified atom stereocenters. The molecule has 4 heteroatoms. The summed E-state index contributed by atoms with van der Waals surface area (Å²) in [6, 6.07) is 25.5. The molecular weight excluding hydrogens is 366 g/mol. The van der Waals surface area contributed by atoms with Crippen molar-refractivity contribution in [3.63, 3.8) is 0 Å². The molecule has 0 heterocycles. The zero-order valence-corrected chi connectivity index (χ0v) is 16.2. The molecule has 1 N–H and O–H groups in total. The van der Waals surface area contributed by atoms with Gasteiger partial charge in [0, 0.05) is 22.1 Å². The van der Waals surface area contributed by atoms with Gasteiger partial charge in [-0.05, 0) is 42.2 Å². The fraction of sp³-hybridized carbons (Fsp3) is 0.167. The molecule has 3 aromatic rings. The first kappa shape index (κ1) is 18.5. The maximum atomic E-state index is 12.5. The molecule has 3 aromatic carbocycles. The molecule has 0 atom stereocenters. The number of nitrogens with one attached hydrogen (secondary N) is 1. The van der Waals surface area contributed by atoms with Crippen LogP contribution in [0.1, 0.15) is 23.2 Å². The van der Waals surface area contributed by atoms with Crippen LogP contribution in [0.15, 0.2) is 83.8 Å². The van der Waals surface area contributed by atoms with Crippen molar-refractivity contribution >= 4 is 29.1 Å². The van der Waals surface area contributed by atoms with E-state index in [0.29, 0.717) is 11.3 Å². The molecule has 1 aliphatic carbocycles. The maximum absolute atomic E-state index is 12.5. The van der Waals surface area contributed by atoms with Crippen LogP contribution in [0.25, 0.3) is 11.1 Å². The number of amides is 1. The molecule has 0 aromatic heterocycles. The SMILES string of the molecule is O=C(CSc1cccc(NC(=O)C2CC2)c1)c1ccc(-c2ccccc2)cc1. The van der Waals surface area contributed by atoms with Gasteiger partial charge in [-0.25, -0.2) is 0 Å². The first-order valence-corrected chi connectivity index (χ1v) is 10.4. The summed E-state index contributed by atoms with van der Waals surface area (Å²) in [6.45, 7) is 0. The topological polar surface area (TPSA) is 46.2 Å². The van der Waals surface area contributed by atoms with Crippen molar-refractivity contribution in [3.05, 3.63) is 84.4 Å². The molecule has 28 heavy (non-hydrogen) atoms. The van der Waals surface area contributed by atoms with E-state index in [-0.39, 0.29) is 17.6 Å². The van der Waals surface area contributed by atoms with E-state index in [1.807, 2.05) is 66.7 Å². The number of carbonyl (C=O) groups is 2. The van der Waals surface area contributed by atoms with Crippen LogP contribution in [0.3, 0.4) is 0 Å². The van der Waals surface area contributed by atoms with E-state index in [4.69, 9.17) is 0 Å². The Labute approximate surface area is 169 Å². The van der Waals surface area contributed by atoms with Crippen LogP contribution in [0.5, 0.6) is 0 Å².